The number of urea groups is 1. The average Bonchev–Trinajstić information content (AvgIpc) is 2.27. The van der Waals surface area contributed by atoms with Crippen LogP contribution >= 0.6 is 0 Å². The average molecular weight is 270 g/mol. The number of benzene rings is 1. The monoisotopic (exact) mass is 270 g/mol. The number of aliphatic hydroxyl groups excluding tert-OH is 1. The lowest BCUT2D eigenvalue weighted by Crippen LogP contribution is -2.53. The third-order valence-electron chi connectivity index (χ3n) is 3.12. The van der Waals surface area contributed by atoms with Gasteiger partial charge in [0.15, 0.2) is 0 Å². The maximum absolute atomic E-state index is 13.5. The number of carbonyl (C=O) groups is 1. The van der Waals surface area contributed by atoms with Crippen molar-refractivity contribution in [2.45, 2.75) is 18.9 Å². The molecule has 0 unspecified atom stereocenters. The van der Waals surface area contributed by atoms with Crippen LogP contribution in [0.15, 0.2) is 18.2 Å². The van der Waals surface area contributed by atoms with Crippen LogP contribution in [0.1, 0.15) is 18.4 Å². The summed E-state index contributed by atoms with van der Waals surface area (Å²) in [5.74, 6) is -1.28. The van der Waals surface area contributed by atoms with E-state index >= 15 is 0 Å². The normalized spacial score (nSPS) is 16.9. The molecule has 1 aromatic rings. The molecular weight excluding hydrogens is 254 g/mol. The van der Waals surface area contributed by atoms with Crippen molar-refractivity contribution in [3.63, 3.8) is 0 Å². The van der Waals surface area contributed by atoms with E-state index in [1.807, 2.05) is 0 Å². The number of amides is 2. The highest BCUT2D eigenvalue weighted by atomic mass is 19.1. The summed E-state index contributed by atoms with van der Waals surface area (Å²) in [6, 6.07) is 3.21. The van der Waals surface area contributed by atoms with Crippen molar-refractivity contribution in [1.29, 1.82) is 0 Å². The minimum Gasteiger partial charge on any atom is -0.392 e. The van der Waals surface area contributed by atoms with Gasteiger partial charge in [-0.3, -0.25) is 0 Å². The Morgan fingerprint density at radius 1 is 1.53 bits per heavy atom. The van der Waals surface area contributed by atoms with Crippen LogP contribution in [0.3, 0.4) is 0 Å². The van der Waals surface area contributed by atoms with E-state index in [2.05, 4.69) is 5.32 Å². The number of likely N-dealkylation sites (tertiary alicyclic amines) is 1. The van der Waals surface area contributed by atoms with Gasteiger partial charge >= 0.3 is 6.03 Å². The van der Waals surface area contributed by atoms with Crippen LogP contribution in [-0.4, -0.2) is 41.8 Å². The summed E-state index contributed by atoms with van der Waals surface area (Å²) in [5.41, 5.74) is 0.431. The molecule has 1 heterocycles. The summed E-state index contributed by atoms with van der Waals surface area (Å²) < 4.78 is 26.3. The Morgan fingerprint density at radius 3 is 2.79 bits per heavy atom. The van der Waals surface area contributed by atoms with Gasteiger partial charge in [-0.25, -0.2) is 13.6 Å². The molecule has 1 atom stereocenters. The molecule has 0 radical (unpaired) electrons. The molecule has 2 N–H and O–H groups in total. The second kappa shape index (κ2) is 5.52. The first-order chi connectivity index (χ1) is 8.97. The maximum atomic E-state index is 13.5. The lowest BCUT2D eigenvalue weighted by molar-refractivity contribution is 0.140. The molecule has 0 aromatic heterocycles. The zero-order chi connectivity index (χ0) is 14.0. The maximum Gasteiger partial charge on any atom is 0.317 e. The molecular formula is C13H16F2N2O2. The van der Waals surface area contributed by atoms with Gasteiger partial charge in [0.05, 0.1) is 6.10 Å². The fraction of sp³-hybridized carbons (Fsp3) is 0.462. The van der Waals surface area contributed by atoms with E-state index in [1.54, 1.807) is 6.92 Å². The highest BCUT2D eigenvalue weighted by Gasteiger charge is 2.33. The van der Waals surface area contributed by atoms with E-state index in [0.717, 1.165) is 6.07 Å². The predicted molar refractivity (Wildman–Crippen MR) is 65.8 cm³/mol. The lowest BCUT2D eigenvalue weighted by Gasteiger charge is -2.39. The van der Waals surface area contributed by atoms with E-state index in [0.29, 0.717) is 18.7 Å². The van der Waals surface area contributed by atoms with Gasteiger partial charge in [0.1, 0.15) is 11.6 Å². The quantitative estimate of drug-likeness (QED) is 0.873. The number of halogens is 2. The minimum absolute atomic E-state index is 0.0992. The standard InChI is InChI=1S/C13H16F2N2O2/c1-8(18)5-16-13(19)17-6-9(7-17)11-3-2-10(14)4-12(11)15/h2-4,8-9,18H,5-7H2,1H3,(H,16,19)/t8-/m1/s1. The Balaban J connectivity index is 1.87. The molecule has 4 nitrogen and oxygen atoms in total. The summed E-state index contributed by atoms with van der Waals surface area (Å²) in [5, 5.41) is 11.6. The number of nitrogens with one attached hydrogen (secondary N) is 1. The molecule has 0 saturated carbocycles. The smallest absolute Gasteiger partial charge is 0.317 e. The van der Waals surface area contributed by atoms with Gasteiger partial charge in [0.25, 0.3) is 0 Å². The Bertz CT molecular complexity index is 474. The summed E-state index contributed by atoms with van der Waals surface area (Å²) in [4.78, 5) is 13.1. The molecule has 2 rings (SSSR count). The number of hydrogen-bond donors (Lipinski definition) is 2. The zero-order valence-electron chi connectivity index (χ0n) is 10.6. The molecule has 1 aliphatic heterocycles. The van der Waals surface area contributed by atoms with Gasteiger partial charge in [-0.15, -0.1) is 0 Å². The number of hydrogen-bond acceptors (Lipinski definition) is 2. The van der Waals surface area contributed by atoms with Gasteiger partial charge in [-0.2, -0.15) is 0 Å². The van der Waals surface area contributed by atoms with Crippen molar-refractivity contribution in [2.75, 3.05) is 19.6 Å². The summed E-state index contributed by atoms with van der Waals surface area (Å²) in [7, 11) is 0. The van der Waals surface area contributed by atoms with E-state index in [1.165, 1.54) is 17.0 Å². The molecule has 1 saturated heterocycles. The number of nitrogens with zero attached hydrogens (tertiary/aromatic N) is 1. The van der Waals surface area contributed by atoms with E-state index in [9.17, 15) is 13.6 Å². The first kappa shape index (κ1) is 13.7. The van der Waals surface area contributed by atoms with Gasteiger partial charge < -0.3 is 15.3 Å². The van der Waals surface area contributed by atoms with Gasteiger partial charge in [0, 0.05) is 31.6 Å². The molecule has 0 spiro atoms. The summed E-state index contributed by atoms with van der Waals surface area (Å²) >= 11 is 0. The SMILES string of the molecule is C[C@@H](O)CNC(=O)N1CC(c2ccc(F)cc2F)C1. The highest BCUT2D eigenvalue weighted by molar-refractivity contribution is 5.75. The summed E-state index contributed by atoms with van der Waals surface area (Å²) in [6.07, 6.45) is -0.601. The number of aliphatic hydroxyl groups is 1. The molecule has 6 heteroatoms. The number of rotatable bonds is 3. The summed E-state index contributed by atoms with van der Waals surface area (Å²) in [6.45, 7) is 2.56. The van der Waals surface area contributed by atoms with Crippen LogP contribution in [0.2, 0.25) is 0 Å². The Hall–Kier alpha value is -1.69. The third kappa shape index (κ3) is 3.20. The van der Waals surface area contributed by atoms with Gasteiger partial charge in [0.2, 0.25) is 0 Å². The molecule has 2 amide bonds. The van der Waals surface area contributed by atoms with Crippen molar-refractivity contribution in [3.05, 3.63) is 35.4 Å². The minimum atomic E-state index is -0.605. The van der Waals surface area contributed by atoms with Crippen molar-refractivity contribution in [2.24, 2.45) is 0 Å². The van der Waals surface area contributed by atoms with Crippen LogP contribution in [0.5, 0.6) is 0 Å². The highest BCUT2D eigenvalue weighted by Crippen LogP contribution is 2.29. The second-order valence-electron chi connectivity index (χ2n) is 4.80. The molecule has 1 fully saturated rings. The molecule has 104 valence electrons. The second-order valence-corrected chi connectivity index (χ2v) is 4.80. The van der Waals surface area contributed by atoms with Crippen molar-refractivity contribution in [1.82, 2.24) is 10.2 Å². The van der Waals surface area contributed by atoms with Crippen molar-refractivity contribution in [3.8, 4) is 0 Å². The van der Waals surface area contributed by atoms with Gasteiger partial charge in [-0.05, 0) is 18.6 Å². The Kier molecular flexibility index (Phi) is 3.99. The van der Waals surface area contributed by atoms with E-state index in [4.69, 9.17) is 5.11 Å². The van der Waals surface area contributed by atoms with Crippen molar-refractivity contribution < 1.29 is 18.7 Å². The largest absolute Gasteiger partial charge is 0.392 e. The van der Waals surface area contributed by atoms with Crippen LogP contribution in [0.4, 0.5) is 13.6 Å². The molecule has 0 bridgehead atoms. The predicted octanol–water partition coefficient (Wildman–Crippen LogP) is 1.45. The van der Waals surface area contributed by atoms with E-state index < -0.39 is 17.7 Å². The topological polar surface area (TPSA) is 52.6 Å². The first-order valence-electron chi connectivity index (χ1n) is 6.13. The van der Waals surface area contributed by atoms with Crippen LogP contribution < -0.4 is 5.32 Å². The first-order valence-corrected chi connectivity index (χ1v) is 6.13. The fourth-order valence-electron chi connectivity index (χ4n) is 2.02. The third-order valence-corrected chi connectivity index (χ3v) is 3.12. The Labute approximate surface area is 110 Å². The lowest BCUT2D eigenvalue weighted by atomic mass is 9.91. The molecule has 1 aromatic carbocycles. The molecule has 1 aliphatic rings. The Morgan fingerprint density at radius 2 is 2.21 bits per heavy atom. The van der Waals surface area contributed by atoms with Crippen molar-refractivity contribution >= 4 is 6.03 Å². The fourth-order valence-corrected chi connectivity index (χ4v) is 2.02. The van der Waals surface area contributed by atoms with Gasteiger partial charge in [-0.1, -0.05) is 6.07 Å². The van der Waals surface area contributed by atoms with Crippen LogP contribution in [0, 0.1) is 11.6 Å². The molecule has 19 heavy (non-hydrogen) atoms. The molecule has 0 aliphatic carbocycles. The van der Waals surface area contributed by atoms with Crippen LogP contribution in [0.25, 0.3) is 0 Å². The van der Waals surface area contributed by atoms with Crippen LogP contribution in [-0.2, 0) is 0 Å². The van der Waals surface area contributed by atoms with E-state index in [-0.39, 0.29) is 18.5 Å². The zero-order valence-corrected chi connectivity index (χ0v) is 10.6. The number of carbonyl (C=O) groups excluding carboxylic acids is 1.